The molecule has 0 aliphatic rings. The van der Waals surface area contributed by atoms with Gasteiger partial charge < -0.3 is 5.11 Å². The number of carboxylic acid groups (broad SMARTS) is 1. The maximum atomic E-state index is 11.1. The highest BCUT2D eigenvalue weighted by molar-refractivity contribution is 5.86. The summed E-state index contributed by atoms with van der Waals surface area (Å²) in [5.74, 6) is -0.552. The van der Waals surface area contributed by atoms with Crippen molar-refractivity contribution in [2.24, 2.45) is 0 Å². The summed E-state index contributed by atoms with van der Waals surface area (Å²) in [4.78, 5) is 15.4. The van der Waals surface area contributed by atoms with Crippen LogP contribution in [0.25, 0.3) is 17.8 Å². The summed E-state index contributed by atoms with van der Waals surface area (Å²) in [7, 11) is 0. The first-order valence-electron chi connectivity index (χ1n) is 6.47. The van der Waals surface area contributed by atoms with Crippen LogP contribution in [0.2, 0.25) is 0 Å². The van der Waals surface area contributed by atoms with Gasteiger partial charge in [-0.25, -0.2) is 14.3 Å². The zero-order chi connectivity index (χ0) is 14.8. The zero-order valence-corrected chi connectivity index (χ0v) is 11.4. The Morgan fingerprint density at radius 3 is 2.62 bits per heavy atom. The first-order valence-corrected chi connectivity index (χ1v) is 6.47. The lowest BCUT2D eigenvalue weighted by atomic mass is 10.1. The van der Waals surface area contributed by atoms with Crippen LogP contribution in [0.4, 0.5) is 0 Å². The Labute approximate surface area is 121 Å². The second-order valence-corrected chi connectivity index (χ2v) is 4.70. The van der Waals surface area contributed by atoms with Gasteiger partial charge in [0.05, 0.1) is 0 Å². The van der Waals surface area contributed by atoms with Crippen LogP contribution in [0.1, 0.15) is 27.4 Å². The van der Waals surface area contributed by atoms with Crippen molar-refractivity contribution in [2.75, 3.05) is 0 Å². The minimum absolute atomic E-state index is 0.0926. The van der Waals surface area contributed by atoms with E-state index in [0.717, 1.165) is 5.56 Å². The number of carbonyl (C=O) groups is 1. The molecule has 1 aromatic carbocycles. The van der Waals surface area contributed by atoms with Crippen LogP contribution < -0.4 is 0 Å². The summed E-state index contributed by atoms with van der Waals surface area (Å²) in [6.45, 7) is 2.03. The molecule has 0 amide bonds. The van der Waals surface area contributed by atoms with E-state index in [2.05, 4.69) is 10.1 Å². The Hall–Kier alpha value is -2.95. The lowest BCUT2D eigenvalue weighted by Gasteiger charge is -1.96. The molecular weight excluding hydrogens is 266 g/mol. The lowest BCUT2D eigenvalue weighted by Crippen LogP contribution is -2.05. The van der Waals surface area contributed by atoms with Crippen molar-refractivity contribution in [1.82, 2.24) is 14.6 Å². The average Bonchev–Trinajstić information content (AvgIpc) is 2.89. The Morgan fingerprint density at radius 1 is 1.14 bits per heavy atom. The van der Waals surface area contributed by atoms with Gasteiger partial charge in [0.15, 0.2) is 17.2 Å². The third-order valence-electron chi connectivity index (χ3n) is 3.10. The molecule has 0 atom stereocenters. The molecule has 0 radical (unpaired) electrons. The minimum atomic E-state index is -1.03. The standard InChI is InChI=1S/C16H13N3O2/c1-11-5-7-12(8-6-11)9-10-14-17-15-4-2-3-13(16(20)21)19(15)18-14/h2-10H,1H3,(H,20,21)/b10-9+. The Morgan fingerprint density at radius 2 is 1.90 bits per heavy atom. The van der Waals surface area contributed by atoms with Gasteiger partial charge in [-0.05, 0) is 30.7 Å². The topological polar surface area (TPSA) is 67.5 Å². The fourth-order valence-electron chi connectivity index (χ4n) is 2.00. The van der Waals surface area contributed by atoms with E-state index >= 15 is 0 Å². The van der Waals surface area contributed by atoms with E-state index in [1.165, 1.54) is 16.1 Å². The highest BCUT2D eigenvalue weighted by atomic mass is 16.4. The Bertz CT molecular complexity index is 832. The number of hydrogen-bond acceptors (Lipinski definition) is 3. The van der Waals surface area contributed by atoms with Crippen LogP contribution in [0.5, 0.6) is 0 Å². The number of aromatic nitrogens is 3. The SMILES string of the molecule is Cc1ccc(/C=C/c2nc3cccc(C(=O)O)n3n2)cc1. The molecule has 0 aliphatic carbocycles. The van der Waals surface area contributed by atoms with Gasteiger partial charge in [-0.1, -0.05) is 42.0 Å². The zero-order valence-electron chi connectivity index (χ0n) is 11.4. The van der Waals surface area contributed by atoms with E-state index in [1.807, 2.05) is 37.3 Å². The van der Waals surface area contributed by atoms with E-state index in [0.29, 0.717) is 11.5 Å². The van der Waals surface area contributed by atoms with E-state index in [1.54, 1.807) is 18.2 Å². The highest BCUT2D eigenvalue weighted by Crippen LogP contribution is 2.10. The first-order chi connectivity index (χ1) is 10.1. The Kier molecular flexibility index (Phi) is 3.23. The van der Waals surface area contributed by atoms with Crippen LogP contribution in [-0.2, 0) is 0 Å². The van der Waals surface area contributed by atoms with Crippen molar-refractivity contribution in [3.63, 3.8) is 0 Å². The molecule has 2 heterocycles. The fraction of sp³-hybridized carbons (Fsp3) is 0.0625. The van der Waals surface area contributed by atoms with Crippen LogP contribution in [-0.4, -0.2) is 25.7 Å². The molecule has 0 saturated carbocycles. The predicted octanol–water partition coefficient (Wildman–Crippen LogP) is 2.91. The molecular formula is C16H13N3O2. The van der Waals surface area contributed by atoms with Crippen LogP contribution in [0.15, 0.2) is 42.5 Å². The van der Waals surface area contributed by atoms with Crippen molar-refractivity contribution in [2.45, 2.75) is 6.92 Å². The van der Waals surface area contributed by atoms with E-state index < -0.39 is 5.97 Å². The highest BCUT2D eigenvalue weighted by Gasteiger charge is 2.10. The third-order valence-corrected chi connectivity index (χ3v) is 3.10. The molecule has 104 valence electrons. The summed E-state index contributed by atoms with van der Waals surface area (Å²) < 4.78 is 1.33. The predicted molar refractivity (Wildman–Crippen MR) is 80.1 cm³/mol. The molecule has 21 heavy (non-hydrogen) atoms. The molecule has 0 spiro atoms. The fourth-order valence-corrected chi connectivity index (χ4v) is 2.00. The van der Waals surface area contributed by atoms with Crippen molar-refractivity contribution in [3.05, 3.63) is 65.1 Å². The molecule has 2 aromatic heterocycles. The van der Waals surface area contributed by atoms with Gasteiger partial charge in [0, 0.05) is 0 Å². The number of aryl methyl sites for hydroxylation is 1. The largest absolute Gasteiger partial charge is 0.477 e. The number of fused-ring (bicyclic) bond motifs is 1. The van der Waals surface area contributed by atoms with Gasteiger partial charge in [-0.15, -0.1) is 5.10 Å². The number of rotatable bonds is 3. The number of benzene rings is 1. The smallest absolute Gasteiger partial charge is 0.354 e. The molecule has 5 heteroatoms. The summed E-state index contributed by atoms with van der Waals surface area (Å²) in [5, 5.41) is 13.3. The number of aromatic carboxylic acids is 1. The lowest BCUT2D eigenvalue weighted by molar-refractivity contribution is 0.0687. The van der Waals surface area contributed by atoms with Crippen LogP contribution in [0.3, 0.4) is 0 Å². The van der Waals surface area contributed by atoms with Gasteiger partial charge in [-0.3, -0.25) is 0 Å². The molecule has 0 unspecified atom stereocenters. The van der Waals surface area contributed by atoms with Crippen molar-refractivity contribution < 1.29 is 9.90 Å². The van der Waals surface area contributed by atoms with E-state index in [9.17, 15) is 4.79 Å². The van der Waals surface area contributed by atoms with Crippen LogP contribution >= 0.6 is 0 Å². The normalized spacial score (nSPS) is 11.3. The quantitative estimate of drug-likeness (QED) is 0.800. The number of hydrogen-bond donors (Lipinski definition) is 1. The molecule has 0 fully saturated rings. The van der Waals surface area contributed by atoms with E-state index in [-0.39, 0.29) is 5.69 Å². The molecule has 0 aliphatic heterocycles. The summed E-state index contributed by atoms with van der Waals surface area (Å²) >= 11 is 0. The number of pyridine rings is 1. The molecule has 3 rings (SSSR count). The summed E-state index contributed by atoms with van der Waals surface area (Å²) in [5.41, 5.74) is 2.84. The van der Waals surface area contributed by atoms with Crippen molar-refractivity contribution >= 4 is 23.8 Å². The summed E-state index contributed by atoms with van der Waals surface area (Å²) in [6.07, 6.45) is 3.66. The van der Waals surface area contributed by atoms with Gasteiger partial charge in [0.25, 0.3) is 0 Å². The van der Waals surface area contributed by atoms with Gasteiger partial charge in [-0.2, -0.15) is 0 Å². The number of carboxylic acids is 1. The minimum Gasteiger partial charge on any atom is -0.477 e. The van der Waals surface area contributed by atoms with Gasteiger partial charge >= 0.3 is 5.97 Å². The number of nitrogens with zero attached hydrogens (tertiary/aromatic N) is 3. The first kappa shape index (κ1) is 13.1. The van der Waals surface area contributed by atoms with Crippen molar-refractivity contribution in [3.8, 4) is 0 Å². The van der Waals surface area contributed by atoms with Gasteiger partial charge in [0.2, 0.25) is 0 Å². The third kappa shape index (κ3) is 2.67. The maximum absolute atomic E-state index is 11.1. The molecule has 3 aromatic rings. The monoisotopic (exact) mass is 279 g/mol. The molecule has 5 nitrogen and oxygen atoms in total. The molecule has 1 N–H and O–H groups in total. The average molecular weight is 279 g/mol. The van der Waals surface area contributed by atoms with Crippen molar-refractivity contribution in [1.29, 1.82) is 0 Å². The Balaban J connectivity index is 1.96. The van der Waals surface area contributed by atoms with Crippen LogP contribution in [0, 0.1) is 6.92 Å². The van der Waals surface area contributed by atoms with Gasteiger partial charge in [0.1, 0.15) is 0 Å². The second-order valence-electron chi connectivity index (χ2n) is 4.70. The second kappa shape index (κ2) is 5.20. The van der Waals surface area contributed by atoms with E-state index in [4.69, 9.17) is 5.11 Å². The molecule has 0 saturated heterocycles. The summed E-state index contributed by atoms with van der Waals surface area (Å²) in [6, 6.07) is 12.9. The maximum Gasteiger partial charge on any atom is 0.354 e. The molecule has 0 bridgehead atoms.